The number of nitrogens with zero attached hydrogens (tertiary/aromatic N) is 1. The first-order chi connectivity index (χ1) is 19.9. The maximum atomic E-state index is 12.1. The van der Waals surface area contributed by atoms with Crippen molar-refractivity contribution in [1.29, 1.82) is 0 Å². The predicted octanol–water partition coefficient (Wildman–Crippen LogP) is 2.56. The van der Waals surface area contributed by atoms with E-state index in [1.165, 1.54) is 12.2 Å². The molecule has 2 N–H and O–H groups in total. The van der Waals surface area contributed by atoms with Gasteiger partial charge in [-0.2, -0.15) is 11.8 Å². The van der Waals surface area contributed by atoms with Crippen LogP contribution >= 0.6 is 11.8 Å². The zero-order chi connectivity index (χ0) is 29.3. The Kier molecular flexibility index (Phi) is 15.4. The quantitative estimate of drug-likeness (QED) is 0.0979. The van der Waals surface area contributed by atoms with Gasteiger partial charge < -0.3 is 24.8 Å². The fourth-order valence-corrected chi connectivity index (χ4v) is 6.59. The second-order valence-corrected chi connectivity index (χ2v) is 11.9. The lowest BCUT2D eigenvalue weighted by Crippen LogP contribution is -2.36. The van der Waals surface area contributed by atoms with E-state index in [1.807, 2.05) is 11.8 Å². The maximum absolute atomic E-state index is 12.1. The Morgan fingerprint density at radius 1 is 0.732 bits per heavy atom. The monoisotopic (exact) mass is 595 g/mol. The summed E-state index contributed by atoms with van der Waals surface area (Å²) in [4.78, 5) is 59.5. The van der Waals surface area contributed by atoms with Crippen LogP contribution in [0.3, 0.4) is 0 Å². The smallest absolute Gasteiger partial charge is 0.315 e. The van der Waals surface area contributed by atoms with Crippen molar-refractivity contribution < 1.29 is 38.2 Å². The number of hydrogen-bond acceptors (Lipinski definition) is 9. The van der Waals surface area contributed by atoms with Gasteiger partial charge in [0.1, 0.15) is 11.6 Å². The molecule has 3 unspecified atom stereocenters. The Labute approximate surface area is 246 Å². The van der Waals surface area contributed by atoms with Gasteiger partial charge in [-0.3, -0.25) is 24.1 Å². The topological polar surface area (TPSA) is 140 Å². The fraction of sp³-hybridized carbons (Fsp3) is 0.759. The number of fused-ring (bicyclic) bond motifs is 1. The molecule has 0 radical (unpaired) electrons. The van der Waals surface area contributed by atoms with E-state index >= 15 is 0 Å². The predicted molar refractivity (Wildman–Crippen MR) is 155 cm³/mol. The third-order valence-electron chi connectivity index (χ3n) is 7.38. The summed E-state index contributed by atoms with van der Waals surface area (Å²) in [6, 6.07) is 0.444. The fourth-order valence-electron chi connectivity index (χ4n) is 5.04. The van der Waals surface area contributed by atoms with Crippen molar-refractivity contribution in [2.75, 3.05) is 51.9 Å². The number of imide groups is 1. The largest absolute Gasteiger partial charge is 0.379 e. The van der Waals surface area contributed by atoms with Crippen LogP contribution in [0.2, 0.25) is 0 Å². The molecule has 2 fully saturated rings. The maximum Gasteiger partial charge on any atom is 0.315 e. The van der Waals surface area contributed by atoms with Gasteiger partial charge in [0, 0.05) is 68.6 Å². The first-order valence-corrected chi connectivity index (χ1v) is 16.0. The third kappa shape index (κ3) is 12.6. The van der Waals surface area contributed by atoms with Gasteiger partial charge in [0.05, 0.1) is 38.5 Å². The minimum Gasteiger partial charge on any atom is -0.379 e. The average Bonchev–Trinajstić information content (AvgIpc) is 3.61. The molecule has 230 valence electrons. The van der Waals surface area contributed by atoms with Crippen LogP contribution in [0.5, 0.6) is 0 Å². The molecule has 41 heavy (non-hydrogen) atoms. The summed E-state index contributed by atoms with van der Waals surface area (Å²) in [5.74, 6) is 0.613. The second-order valence-electron chi connectivity index (χ2n) is 10.6. The summed E-state index contributed by atoms with van der Waals surface area (Å²) in [5.41, 5.74) is 0. The first-order valence-electron chi connectivity index (χ1n) is 14.9. The van der Waals surface area contributed by atoms with Crippen molar-refractivity contribution >= 4 is 41.2 Å². The Morgan fingerprint density at radius 2 is 1.27 bits per heavy atom. The standard InChI is InChI=1S/C29H45N3O8S/c33-22(7-1-2-10-25-28-24(21-41-25)30-29(37)31-28)8-3-5-15-38-17-19-40-20-18-39-16-6-4-9-23(34)13-14-32-26(35)11-12-27(32)36/h11-12,24-25,28H,1-10,13-21H2,(H2,30,31,37). The molecule has 2 saturated heterocycles. The Balaban J connectivity index is 0.998. The number of unbranched alkanes of at least 4 members (excludes halogenated alkanes) is 3. The molecule has 12 heteroatoms. The first kappa shape index (κ1) is 33.2. The Morgan fingerprint density at radius 3 is 1.88 bits per heavy atom. The molecule has 3 atom stereocenters. The molecule has 0 aromatic rings. The van der Waals surface area contributed by atoms with Crippen molar-refractivity contribution in [3.63, 3.8) is 0 Å². The molecule has 0 bridgehead atoms. The van der Waals surface area contributed by atoms with Crippen LogP contribution in [-0.2, 0) is 33.4 Å². The summed E-state index contributed by atoms with van der Waals surface area (Å²) in [5, 5.41) is 6.42. The van der Waals surface area contributed by atoms with Gasteiger partial charge in [-0.25, -0.2) is 4.79 Å². The number of carbonyl (C=O) groups excluding carboxylic acids is 5. The van der Waals surface area contributed by atoms with Crippen LogP contribution in [-0.4, -0.2) is 104 Å². The number of hydrogen-bond donors (Lipinski definition) is 2. The van der Waals surface area contributed by atoms with E-state index < -0.39 is 0 Å². The van der Waals surface area contributed by atoms with Crippen molar-refractivity contribution in [3.8, 4) is 0 Å². The van der Waals surface area contributed by atoms with E-state index in [4.69, 9.17) is 14.2 Å². The van der Waals surface area contributed by atoms with Gasteiger partial charge >= 0.3 is 6.03 Å². The number of Topliss-reactive ketones (excluding diaryl/α,β-unsaturated/α-hetero) is 2. The Hall–Kier alpha value is -2.28. The number of ether oxygens (including phenoxy) is 3. The van der Waals surface area contributed by atoms with Gasteiger partial charge in [0.25, 0.3) is 11.8 Å². The normalized spacial score (nSPS) is 21.4. The number of rotatable bonds is 24. The summed E-state index contributed by atoms with van der Waals surface area (Å²) in [6.45, 7) is 3.29. The van der Waals surface area contributed by atoms with E-state index in [2.05, 4.69) is 10.6 Å². The van der Waals surface area contributed by atoms with E-state index in [0.29, 0.717) is 76.4 Å². The molecule has 3 aliphatic rings. The van der Waals surface area contributed by atoms with Crippen molar-refractivity contribution in [1.82, 2.24) is 15.5 Å². The summed E-state index contributed by atoms with van der Waals surface area (Å²) in [6.07, 6.45) is 10.4. The molecule has 0 aromatic heterocycles. The number of nitrogens with one attached hydrogen (secondary N) is 2. The summed E-state index contributed by atoms with van der Waals surface area (Å²) in [7, 11) is 0. The van der Waals surface area contributed by atoms with E-state index in [-0.39, 0.29) is 48.7 Å². The van der Waals surface area contributed by atoms with Crippen LogP contribution in [0.4, 0.5) is 4.79 Å². The highest BCUT2D eigenvalue weighted by Crippen LogP contribution is 2.33. The molecule has 3 heterocycles. The van der Waals surface area contributed by atoms with Crippen molar-refractivity contribution in [2.24, 2.45) is 0 Å². The molecule has 3 aliphatic heterocycles. The van der Waals surface area contributed by atoms with Crippen LogP contribution in [0.1, 0.15) is 70.6 Å². The lowest BCUT2D eigenvalue weighted by Gasteiger charge is -2.16. The molecule has 0 spiro atoms. The number of amides is 4. The highest BCUT2D eigenvalue weighted by molar-refractivity contribution is 8.00. The van der Waals surface area contributed by atoms with Crippen molar-refractivity contribution in [2.45, 2.75) is 88.0 Å². The minimum atomic E-state index is -0.357. The molecule has 0 aliphatic carbocycles. The molecule has 4 amide bonds. The van der Waals surface area contributed by atoms with E-state index in [0.717, 1.165) is 49.2 Å². The average molecular weight is 596 g/mol. The zero-order valence-corrected chi connectivity index (χ0v) is 24.8. The van der Waals surface area contributed by atoms with Crippen molar-refractivity contribution in [3.05, 3.63) is 12.2 Å². The second kappa shape index (κ2) is 19.0. The molecular weight excluding hydrogens is 550 g/mol. The lowest BCUT2D eigenvalue weighted by atomic mass is 10.0. The molecule has 3 rings (SSSR count). The third-order valence-corrected chi connectivity index (χ3v) is 8.89. The van der Waals surface area contributed by atoms with Crippen LogP contribution in [0, 0.1) is 0 Å². The highest BCUT2D eigenvalue weighted by Gasteiger charge is 2.42. The number of ketones is 2. The van der Waals surface area contributed by atoms with Gasteiger partial charge in [-0.05, 0) is 38.5 Å². The van der Waals surface area contributed by atoms with Crippen LogP contribution in [0.25, 0.3) is 0 Å². The van der Waals surface area contributed by atoms with E-state index in [1.54, 1.807) is 0 Å². The van der Waals surface area contributed by atoms with Gasteiger partial charge in [-0.15, -0.1) is 0 Å². The molecular formula is C29H45N3O8S. The van der Waals surface area contributed by atoms with Crippen LogP contribution < -0.4 is 10.6 Å². The van der Waals surface area contributed by atoms with Gasteiger partial charge in [0.2, 0.25) is 0 Å². The molecule has 0 aromatic carbocycles. The SMILES string of the molecule is O=C(CCCCOCCOCCOCCCCC(=O)CCN1C(=O)C=CC1=O)CCCCC1SCC2NC(=O)NC21. The highest BCUT2D eigenvalue weighted by atomic mass is 32.2. The molecule has 11 nitrogen and oxygen atoms in total. The molecule has 0 saturated carbocycles. The summed E-state index contributed by atoms with van der Waals surface area (Å²) < 4.78 is 16.6. The van der Waals surface area contributed by atoms with E-state index in [9.17, 15) is 24.0 Å². The summed E-state index contributed by atoms with van der Waals surface area (Å²) >= 11 is 1.92. The Bertz CT molecular complexity index is 896. The number of carbonyl (C=O) groups is 5. The van der Waals surface area contributed by atoms with Gasteiger partial charge in [-0.1, -0.05) is 6.42 Å². The van der Waals surface area contributed by atoms with Gasteiger partial charge in [0.15, 0.2) is 0 Å². The minimum absolute atomic E-state index is 0.0376. The number of urea groups is 1. The number of thioether (sulfide) groups is 1. The zero-order valence-electron chi connectivity index (χ0n) is 23.9. The van der Waals surface area contributed by atoms with Crippen LogP contribution in [0.15, 0.2) is 12.2 Å². The lowest BCUT2D eigenvalue weighted by molar-refractivity contribution is -0.137.